The summed E-state index contributed by atoms with van der Waals surface area (Å²) in [6.45, 7) is 7.08. The molecule has 2 nitrogen and oxygen atoms in total. The molecule has 0 aromatic carbocycles. The highest BCUT2D eigenvalue weighted by Crippen LogP contribution is 2.36. The molecule has 118 valence electrons. The fourth-order valence-electron chi connectivity index (χ4n) is 3.82. The molecule has 2 fully saturated rings. The molecule has 1 atom stereocenters. The van der Waals surface area contributed by atoms with E-state index in [1.54, 1.807) is 0 Å². The second-order valence-corrected chi connectivity index (χ2v) is 8.53. The Morgan fingerprint density at radius 1 is 1.20 bits per heavy atom. The minimum atomic E-state index is 0.531. The van der Waals surface area contributed by atoms with E-state index in [0.717, 1.165) is 6.04 Å². The van der Waals surface area contributed by atoms with Gasteiger partial charge in [0.15, 0.2) is 0 Å². The predicted octanol–water partition coefficient (Wildman–Crippen LogP) is 3.76. The van der Waals surface area contributed by atoms with Crippen molar-refractivity contribution in [3.05, 3.63) is 0 Å². The van der Waals surface area contributed by atoms with Crippen molar-refractivity contribution >= 4 is 11.8 Å². The molecule has 0 amide bonds. The van der Waals surface area contributed by atoms with Gasteiger partial charge in [-0.25, -0.2) is 0 Å². The Kier molecular flexibility index (Phi) is 6.70. The van der Waals surface area contributed by atoms with Gasteiger partial charge in [0, 0.05) is 30.9 Å². The molecule has 20 heavy (non-hydrogen) atoms. The zero-order chi connectivity index (χ0) is 14.4. The number of hydrogen-bond acceptors (Lipinski definition) is 3. The van der Waals surface area contributed by atoms with E-state index in [1.165, 1.54) is 69.5 Å². The van der Waals surface area contributed by atoms with Gasteiger partial charge in [0.1, 0.15) is 0 Å². The lowest BCUT2D eigenvalue weighted by atomic mass is 9.79. The van der Waals surface area contributed by atoms with Gasteiger partial charge in [-0.15, -0.1) is 0 Å². The Morgan fingerprint density at radius 3 is 2.45 bits per heavy atom. The van der Waals surface area contributed by atoms with Crippen LogP contribution in [0.1, 0.15) is 58.8 Å². The average Bonchev–Trinajstić information content (AvgIpc) is 2.85. The molecule has 0 aromatic rings. The second-order valence-electron chi connectivity index (χ2n) is 7.38. The lowest BCUT2D eigenvalue weighted by Gasteiger charge is -2.39. The van der Waals surface area contributed by atoms with E-state index in [0.29, 0.717) is 11.5 Å². The van der Waals surface area contributed by atoms with Crippen LogP contribution in [0.4, 0.5) is 0 Å². The van der Waals surface area contributed by atoms with Gasteiger partial charge in [-0.05, 0) is 37.5 Å². The SMILES string of the molecule is CC(C)NCC1(CN(C)C2CCSC2)CCCCCC1. The molecular formula is C17H34N2S. The summed E-state index contributed by atoms with van der Waals surface area (Å²) in [6.07, 6.45) is 10.0. The third-order valence-electron chi connectivity index (χ3n) is 5.16. The van der Waals surface area contributed by atoms with Gasteiger partial charge in [0.05, 0.1) is 0 Å². The summed E-state index contributed by atoms with van der Waals surface area (Å²) in [5.41, 5.74) is 0.531. The van der Waals surface area contributed by atoms with Crippen LogP contribution < -0.4 is 5.32 Å². The fraction of sp³-hybridized carbons (Fsp3) is 1.00. The van der Waals surface area contributed by atoms with E-state index >= 15 is 0 Å². The summed E-state index contributed by atoms with van der Waals surface area (Å²) in [4.78, 5) is 2.69. The standard InChI is InChI=1S/C17H34N2S/c1-15(2)18-13-17(9-6-4-5-7-10-17)14-19(3)16-8-11-20-12-16/h15-16,18H,4-14H2,1-3H3. The highest BCUT2D eigenvalue weighted by molar-refractivity contribution is 7.99. The van der Waals surface area contributed by atoms with Crippen LogP contribution in [-0.2, 0) is 0 Å². The van der Waals surface area contributed by atoms with Crippen LogP contribution >= 0.6 is 11.8 Å². The van der Waals surface area contributed by atoms with E-state index < -0.39 is 0 Å². The molecule has 1 aliphatic carbocycles. The maximum absolute atomic E-state index is 3.75. The molecule has 0 radical (unpaired) electrons. The fourth-order valence-corrected chi connectivity index (χ4v) is 5.12. The van der Waals surface area contributed by atoms with E-state index in [2.05, 4.69) is 42.9 Å². The molecule has 3 heteroatoms. The largest absolute Gasteiger partial charge is 0.314 e. The van der Waals surface area contributed by atoms with Gasteiger partial charge in [0.2, 0.25) is 0 Å². The van der Waals surface area contributed by atoms with E-state index in [-0.39, 0.29) is 0 Å². The van der Waals surface area contributed by atoms with Crippen molar-refractivity contribution in [1.82, 2.24) is 10.2 Å². The van der Waals surface area contributed by atoms with Crippen LogP contribution in [0.2, 0.25) is 0 Å². The van der Waals surface area contributed by atoms with Crippen LogP contribution in [-0.4, -0.2) is 48.6 Å². The Bertz CT molecular complexity index is 266. The predicted molar refractivity (Wildman–Crippen MR) is 91.6 cm³/mol. The first-order valence-electron chi connectivity index (χ1n) is 8.63. The number of rotatable bonds is 6. The van der Waals surface area contributed by atoms with Crippen LogP contribution in [0.3, 0.4) is 0 Å². The zero-order valence-electron chi connectivity index (χ0n) is 13.8. The van der Waals surface area contributed by atoms with Crippen molar-refractivity contribution in [2.24, 2.45) is 5.41 Å². The minimum absolute atomic E-state index is 0.531. The summed E-state index contributed by atoms with van der Waals surface area (Å²) in [5, 5.41) is 3.75. The second kappa shape index (κ2) is 8.05. The van der Waals surface area contributed by atoms with E-state index in [4.69, 9.17) is 0 Å². The maximum atomic E-state index is 3.75. The summed E-state index contributed by atoms with van der Waals surface area (Å²) in [6, 6.07) is 1.45. The van der Waals surface area contributed by atoms with Gasteiger partial charge in [-0.3, -0.25) is 0 Å². The zero-order valence-corrected chi connectivity index (χ0v) is 14.6. The van der Waals surface area contributed by atoms with Crippen molar-refractivity contribution in [3.8, 4) is 0 Å². The third kappa shape index (κ3) is 4.92. The first-order valence-corrected chi connectivity index (χ1v) is 9.78. The Hall–Kier alpha value is 0.270. The third-order valence-corrected chi connectivity index (χ3v) is 6.31. The topological polar surface area (TPSA) is 15.3 Å². The maximum Gasteiger partial charge on any atom is 0.0191 e. The molecule has 1 saturated carbocycles. The number of hydrogen-bond donors (Lipinski definition) is 1. The van der Waals surface area contributed by atoms with Crippen LogP contribution in [0, 0.1) is 5.41 Å². The summed E-state index contributed by atoms with van der Waals surface area (Å²) < 4.78 is 0. The molecule has 0 bridgehead atoms. The number of nitrogens with zero attached hydrogens (tertiary/aromatic N) is 1. The monoisotopic (exact) mass is 298 g/mol. The molecule has 1 heterocycles. The first kappa shape index (κ1) is 16.6. The van der Waals surface area contributed by atoms with Crippen LogP contribution in [0.25, 0.3) is 0 Å². The minimum Gasteiger partial charge on any atom is -0.314 e. The Balaban J connectivity index is 1.96. The average molecular weight is 299 g/mol. The molecule has 1 N–H and O–H groups in total. The Labute approximate surface area is 130 Å². The van der Waals surface area contributed by atoms with Crippen LogP contribution in [0.5, 0.6) is 0 Å². The number of thioether (sulfide) groups is 1. The van der Waals surface area contributed by atoms with Crippen molar-refractivity contribution in [3.63, 3.8) is 0 Å². The van der Waals surface area contributed by atoms with E-state index in [9.17, 15) is 0 Å². The molecule has 2 rings (SSSR count). The molecule has 0 aromatic heterocycles. The highest BCUT2D eigenvalue weighted by Gasteiger charge is 2.34. The van der Waals surface area contributed by atoms with Gasteiger partial charge in [-0.2, -0.15) is 11.8 Å². The highest BCUT2D eigenvalue weighted by atomic mass is 32.2. The van der Waals surface area contributed by atoms with Crippen molar-refractivity contribution in [2.45, 2.75) is 70.9 Å². The van der Waals surface area contributed by atoms with E-state index in [1.807, 2.05) is 0 Å². The summed E-state index contributed by atoms with van der Waals surface area (Å²) in [5.74, 6) is 2.72. The molecular weight excluding hydrogens is 264 g/mol. The van der Waals surface area contributed by atoms with Crippen molar-refractivity contribution < 1.29 is 0 Å². The quantitative estimate of drug-likeness (QED) is 0.752. The van der Waals surface area contributed by atoms with Gasteiger partial charge in [-0.1, -0.05) is 39.5 Å². The van der Waals surface area contributed by atoms with Crippen LogP contribution in [0.15, 0.2) is 0 Å². The van der Waals surface area contributed by atoms with Crippen molar-refractivity contribution in [1.29, 1.82) is 0 Å². The van der Waals surface area contributed by atoms with Gasteiger partial charge in [0.25, 0.3) is 0 Å². The lowest BCUT2D eigenvalue weighted by Crippen LogP contribution is -2.47. The molecule has 2 aliphatic rings. The summed E-state index contributed by atoms with van der Waals surface area (Å²) in [7, 11) is 2.37. The molecule has 1 saturated heterocycles. The molecule has 0 spiro atoms. The lowest BCUT2D eigenvalue weighted by molar-refractivity contribution is 0.120. The smallest absolute Gasteiger partial charge is 0.0191 e. The summed E-state index contributed by atoms with van der Waals surface area (Å²) >= 11 is 2.14. The molecule has 1 aliphatic heterocycles. The first-order chi connectivity index (χ1) is 9.61. The Morgan fingerprint density at radius 2 is 1.90 bits per heavy atom. The molecule has 1 unspecified atom stereocenters. The van der Waals surface area contributed by atoms with Crippen molar-refractivity contribution in [2.75, 3.05) is 31.6 Å². The normalized spacial score (nSPS) is 27.1. The van der Waals surface area contributed by atoms with Gasteiger partial charge < -0.3 is 10.2 Å². The number of nitrogens with one attached hydrogen (secondary N) is 1. The van der Waals surface area contributed by atoms with Gasteiger partial charge >= 0.3 is 0 Å².